The van der Waals surface area contributed by atoms with Gasteiger partial charge >= 0.3 is 12.0 Å². The minimum absolute atomic E-state index is 0.0284. The topological polar surface area (TPSA) is 113 Å². The van der Waals surface area contributed by atoms with Gasteiger partial charge in [0.15, 0.2) is 9.84 Å². The molecule has 7 nitrogen and oxygen atoms in total. The molecule has 0 aromatic carbocycles. The molecule has 1 aliphatic rings. The molecule has 1 fully saturated rings. The van der Waals surface area contributed by atoms with Crippen molar-refractivity contribution in [1.82, 2.24) is 10.6 Å². The third-order valence-corrected chi connectivity index (χ3v) is 4.24. The van der Waals surface area contributed by atoms with Gasteiger partial charge in [-0.25, -0.2) is 13.2 Å². The molecule has 1 atom stereocenters. The summed E-state index contributed by atoms with van der Waals surface area (Å²) in [6.45, 7) is 0.0284. The van der Waals surface area contributed by atoms with E-state index in [1.54, 1.807) is 0 Å². The number of hydrogen-bond acceptors (Lipinski definition) is 4. The van der Waals surface area contributed by atoms with E-state index in [-0.39, 0.29) is 30.5 Å². The second-order valence-corrected chi connectivity index (χ2v) is 6.23. The van der Waals surface area contributed by atoms with Gasteiger partial charge in [-0.3, -0.25) is 4.79 Å². The van der Waals surface area contributed by atoms with Crippen LogP contribution in [0.4, 0.5) is 4.79 Å². The number of rotatable bonds is 4. The zero-order chi connectivity index (χ0) is 12.9. The maximum absolute atomic E-state index is 11.3. The first-order valence-corrected chi connectivity index (χ1v) is 7.18. The zero-order valence-electron chi connectivity index (χ0n) is 9.31. The number of urea groups is 1. The number of carboxylic acid groups (broad SMARTS) is 1. The summed E-state index contributed by atoms with van der Waals surface area (Å²) in [5, 5.41) is 13.3. The Bertz CT molecular complexity index is 392. The summed E-state index contributed by atoms with van der Waals surface area (Å²) in [6, 6.07) is -0.896. The standard InChI is InChI=1S/C9H16N2O5S/c12-8(13)3-4-10-9(14)11-7-2-1-5-17(15,16)6-7/h7H,1-6H2,(H,12,13)(H2,10,11,14). The number of amides is 2. The van der Waals surface area contributed by atoms with Crippen molar-refractivity contribution in [1.29, 1.82) is 0 Å². The van der Waals surface area contributed by atoms with E-state index in [0.29, 0.717) is 12.8 Å². The van der Waals surface area contributed by atoms with E-state index in [2.05, 4.69) is 10.6 Å². The van der Waals surface area contributed by atoms with Crippen molar-refractivity contribution in [3.8, 4) is 0 Å². The Balaban J connectivity index is 2.28. The van der Waals surface area contributed by atoms with Crippen LogP contribution >= 0.6 is 0 Å². The Morgan fingerprint density at radius 3 is 2.65 bits per heavy atom. The highest BCUT2D eigenvalue weighted by Crippen LogP contribution is 2.11. The molecule has 17 heavy (non-hydrogen) atoms. The first kappa shape index (κ1) is 13.8. The molecule has 1 rings (SSSR count). The average Bonchev–Trinajstić information content (AvgIpc) is 2.14. The Morgan fingerprint density at radius 1 is 1.35 bits per heavy atom. The highest BCUT2D eigenvalue weighted by atomic mass is 32.2. The summed E-state index contributed by atoms with van der Waals surface area (Å²) in [5.41, 5.74) is 0. The smallest absolute Gasteiger partial charge is 0.315 e. The van der Waals surface area contributed by atoms with Crippen molar-refractivity contribution in [3.05, 3.63) is 0 Å². The van der Waals surface area contributed by atoms with E-state index in [1.807, 2.05) is 0 Å². The molecule has 0 aromatic heterocycles. The third-order valence-electron chi connectivity index (χ3n) is 2.42. The van der Waals surface area contributed by atoms with Crippen molar-refractivity contribution in [2.45, 2.75) is 25.3 Å². The van der Waals surface area contributed by atoms with Crippen molar-refractivity contribution in [2.24, 2.45) is 0 Å². The molecule has 2 amide bonds. The molecule has 1 aliphatic heterocycles. The van der Waals surface area contributed by atoms with Gasteiger partial charge in [-0.1, -0.05) is 0 Å². The van der Waals surface area contributed by atoms with Crippen LogP contribution in [0.25, 0.3) is 0 Å². The van der Waals surface area contributed by atoms with E-state index in [1.165, 1.54) is 0 Å². The number of hydrogen-bond donors (Lipinski definition) is 3. The minimum Gasteiger partial charge on any atom is -0.481 e. The number of aliphatic carboxylic acids is 1. The Kier molecular flexibility index (Phi) is 4.73. The molecule has 0 radical (unpaired) electrons. The summed E-state index contributed by atoms with van der Waals surface area (Å²) in [5.74, 6) is -0.865. The predicted molar refractivity (Wildman–Crippen MR) is 60.5 cm³/mol. The molecule has 1 heterocycles. The van der Waals surface area contributed by atoms with Gasteiger partial charge in [-0.05, 0) is 12.8 Å². The second-order valence-electron chi connectivity index (χ2n) is 4.00. The van der Waals surface area contributed by atoms with Crippen LogP contribution in [0.2, 0.25) is 0 Å². The molecule has 1 unspecified atom stereocenters. The summed E-state index contributed by atoms with van der Waals surface area (Å²) >= 11 is 0. The average molecular weight is 264 g/mol. The monoisotopic (exact) mass is 264 g/mol. The fourth-order valence-electron chi connectivity index (χ4n) is 1.66. The lowest BCUT2D eigenvalue weighted by Crippen LogP contribution is -2.47. The first-order chi connectivity index (χ1) is 7.89. The first-order valence-electron chi connectivity index (χ1n) is 5.35. The van der Waals surface area contributed by atoms with E-state index >= 15 is 0 Å². The number of carbonyl (C=O) groups is 2. The van der Waals surface area contributed by atoms with Gasteiger partial charge in [0.2, 0.25) is 0 Å². The van der Waals surface area contributed by atoms with Crippen LogP contribution in [0.5, 0.6) is 0 Å². The molecular formula is C9H16N2O5S. The van der Waals surface area contributed by atoms with Crippen molar-refractivity contribution >= 4 is 21.8 Å². The normalized spacial score (nSPS) is 22.7. The lowest BCUT2D eigenvalue weighted by atomic mass is 10.2. The minimum atomic E-state index is -3.05. The quantitative estimate of drug-likeness (QED) is 0.624. The molecule has 0 bridgehead atoms. The van der Waals surface area contributed by atoms with Gasteiger partial charge in [0.25, 0.3) is 0 Å². The van der Waals surface area contributed by atoms with Gasteiger partial charge in [-0.15, -0.1) is 0 Å². The second kappa shape index (κ2) is 5.85. The molecule has 0 saturated carbocycles. The van der Waals surface area contributed by atoms with Crippen LogP contribution in [-0.4, -0.2) is 49.6 Å². The van der Waals surface area contributed by atoms with Crippen molar-refractivity contribution < 1.29 is 23.1 Å². The number of carbonyl (C=O) groups excluding carboxylic acids is 1. The zero-order valence-corrected chi connectivity index (χ0v) is 10.1. The van der Waals surface area contributed by atoms with Crippen molar-refractivity contribution in [3.63, 3.8) is 0 Å². The molecule has 0 aliphatic carbocycles. The summed E-state index contributed by atoms with van der Waals surface area (Å²) in [6.07, 6.45) is 1.02. The molecule has 98 valence electrons. The fourth-order valence-corrected chi connectivity index (χ4v) is 3.29. The van der Waals surface area contributed by atoms with E-state index in [0.717, 1.165) is 0 Å². The van der Waals surface area contributed by atoms with Crippen LogP contribution in [0.1, 0.15) is 19.3 Å². The molecule has 0 spiro atoms. The lowest BCUT2D eigenvalue weighted by molar-refractivity contribution is -0.136. The fraction of sp³-hybridized carbons (Fsp3) is 0.778. The Morgan fingerprint density at radius 2 is 2.06 bits per heavy atom. The maximum atomic E-state index is 11.3. The van der Waals surface area contributed by atoms with Crippen LogP contribution in [0, 0.1) is 0 Å². The molecule has 0 aromatic rings. The molecular weight excluding hydrogens is 248 g/mol. The Hall–Kier alpha value is -1.31. The van der Waals surface area contributed by atoms with Gasteiger partial charge in [0.05, 0.1) is 17.9 Å². The van der Waals surface area contributed by atoms with Gasteiger partial charge in [0, 0.05) is 12.6 Å². The van der Waals surface area contributed by atoms with Crippen LogP contribution in [-0.2, 0) is 14.6 Å². The van der Waals surface area contributed by atoms with Crippen LogP contribution in [0.3, 0.4) is 0 Å². The Labute approximate surface area is 99.5 Å². The summed E-state index contributed by atoms with van der Waals surface area (Å²) < 4.78 is 22.6. The summed E-state index contributed by atoms with van der Waals surface area (Å²) in [7, 11) is -3.05. The predicted octanol–water partition coefficient (Wildman–Crippen LogP) is -0.662. The van der Waals surface area contributed by atoms with Crippen molar-refractivity contribution in [2.75, 3.05) is 18.1 Å². The maximum Gasteiger partial charge on any atom is 0.315 e. The number of sulfone groups is 1. The largest absolute Gasteiger partial charge is 0.481 e. The molecule has 1 saturated heterocycles. The molecule has 3 N–H and O–H groups in total. The van der Waals surface area contributed by atoms with Gasteiger partial charge in [0.1, 0.15) is 0 Å². The van der Waals surface area contributed by atoms with E-state index < -0.39 is 21.8 Å². The van der Waals surface area contributed by atoms with Crippen LogP contribution in [0.15, 0.2) is 0 Å². The van der Waals surface area contributed by atoms with Gasteiger partial charge < -0.3 is 15.7 Å². The highest BCUT2D eigenvalue weighted by Gasteiger charge is 2.25. The highest BCUT2D eigenvalue weighted by molar-refractivity contribution is 7.91. The molecule has 8 heteroatoms. The van der Waals surface area contributed by atoms with E-state index in [9.17, 15) is 18.0 Å². The van der Waals surface area contributed by atoms with E-state index in [4.69, 9.17) is 5.11 Å². The SMILES string of the molecule is O=C(O)CCNC(=O)NC1CCCS(=O)(=O)C1. The third kappa shape index (κ3) is 5.53. The summed E-state index contributed by atoms with van der Waals surface area (Å²) in [4.78, 5) is 21.5. The van der Waals surface area contributed by atoms with Gasteiger partial charge in [-0.2, -0.15) is 0 Å². The number of nitrogens with one attached hydrogen (secondary N) is 2. The lowest BCUT2D eigenvalue weighted by Gasteiger charge is -2.22. The van der Waals surface area contributed by atoms with Crippen LogP contribution < -0.4 is 10.6 Å². The number of carboxylic acids is 1.